The minimum absolute atomic E-state index is 0.156. The van der Waals surface area contributed by atoms with Crippen molar-refractivity contribution in [2.75, 3.05) is 0 Å². The second kappa shape index (κ2) is 6.02. The smallest absolute Gasteiger partial charge is 0.240 e. The predicted molar refractivity (Wildman–Crippen MR) is 93.7 cm³/mol. The van der Waals surface area contributed by atoms with Crippen LogP contribution < -0.4 is 4.74 Å². The van der Waals surface area contributed by atoms with Crippen LogP contribution in [0.25, 0.3) is 22.7 Å². The molecule has 0 amide bonds. The Hall–Kier alpha value is -3.53. The maximum absolute atomic E-state index is 5.96. The van der Waals surface area contributed by atoms with E-state index in [9.17, 15) is 0 Å². The van der Waals surface area contributed by atoms with E-state index in [2.05, 4.69) is 30.8 Å². The number of rotatable bonds is 5. The highest BCUT2D eigenvalue weighted by Crippen LogP contribution is 2.31. The number of allylic oxidation sites excluding steroid dienone is 4. The fourth-order valence-corrected chi connectivity index (χ4v) is 2.74. The first-order valence-corrected chi connectivity index (χ1v) is 8.31. The van der Waals surface area contributed by atoms with Gasteiger partial charge < -0.3 is 9.26 Å². The minimum atomic E-state index is 0.156. The van der Waals surface area contributed by atoms with Crippen molar-refractivity contribution >= 4 is 22.8 Å². The van der Waals surface area contributed by atoms with E-state index in [1.807, 2.05) is 24.3 Å². The van der Waals surface area contributed by atoms with Crippen molar-refractivity contribution in [3.05, 3.63) is 53.0 Å². The molecular weight excluding hydrogens is 372 g/mol. The molecule has 0 aromatic carbocycles. The van der Waals surface area contributed by atoms with E-state index in [-0.39, 0.29) is 11.8 Å². The number of ether oxygens (including phenoxy) is 1. The molecule has 27 heavy (non-hydrogen) atoms. The molecule has 0 unspecified atom stereocenters. The lowest BCUT2D eigenvalue weighted by Gasteiger charge is -2.13. The number of fused-ring (bicyclic) bond motifs is 1. The van der Waals surface area contributed by atoms with E-state index < -0.39 is 0 Å². The predicted octanol–water partition coefficient (Wildman–Crippen LogP) is 2.09. The van der Waals surface area contributed by atoms with E-state index in [0.29, 0.717) is 23.0 Å². The van der Waals surface area contributed by atoms with Gasteiger partial charge in [-0.1, -0.05) is 28.6 Å². The molecule has 0 spiro atoms. The van der Waals surface area contributed by atoms with Crippen molar-refractivity contribution in [3.63, 3.8) is 0 Å². The van der Waals surface area contributed by atoms with Gasteiger partial charge in [0.2, 0.25) is 16.9 Å². The normalized spacial score (nSPS) is 13.0. The topological polar surface area (TPSA) is 109 Å². The van der Waals surface area contributed by atoms with Gasteiger partial charge in [0.15, 0.2) is 11.3 Å². The van der Waals surface area contributed by atoms with Crippen molar-refractivity contribution in [2.24, 2.45) is 7.05 Å². The molecule has 1 aliphatic rings. The zero-order valence-corrected chi connectivity index (χ0v) is 14.7. The summed E-state index contributed by atoms with van der Waals surface area (Å²) in [5, 5.41) is 24.7. The van der Waals surface area contributed by atoms with Gasteiger partial charge in [-0.25, -0.2) is 4.68 Å². The van der Waals surface area contributed by atoms with Gasteiger partial charge in [-0.15, -0.1) is 20.4 Å². The Balaban J connectivity index is 1.59. The number of nitrogens with zero attached hydrogens (tertiary/aromatic N) is 8. The molecule has 0 bridgehead atoms. The Labute approximate surface area is 156 Å². The van der Waals surface area contributed by atoms with Crippen LogP contribution >= 0.6 is 11.6 Å². The summed E-state index contributed by atoms with van der Waals surface area (Å²) in [6, 6.07) is 3.41. The average Bonchev–Trinajstić information content (AvgIpc) is 3.31. The van der Waals surface area contributed by atoms with Gasteiger partial charge in [0, 0.05) is 18.7 Å². The number of aryl methyl sites for hydroxylation is 1. The van der Waals surface area contributed by atoms with Crippen molar-refractivity contribution in [1.82, 2.24) is 40.0 Å². The lowest BCUT2D eigenvalue weighted by Crippen LogP contribution is -2.08. The summed E-state index contributed by atoms with van der Waals surface area (Å²) in [6.07, 6.45) is 7.53. The molecule has 4 aromatic heterocycles. The van der Waals surface area contributed by atoms with Crippen LogP contribution in [0.3, 0.4) is 0 Å². The molecule has 11 heteroatoms. The number of halogens is 1. The van der Waals surface area contributed by atoms with Gasteiger partial charge in [0.1, 0.15) is 6.61 Å². The largest absolute Gasteiger partial charge is 0.470 e. The highest BCUT2D eigenvalue weighted by molar-refractivity contribution is 6.29. The third-order valence-electron chi connectivity index (χ3n) is 4.10. The third-order valence-corrected chi connectivity index (χ3v) is 4.28. The molecule has 0 atom stereocenters. The third kappa shape index (κ3) is 2.66. The van der Waals surface area contributed by atoms with Gasteiger partial charge in [-0.3, -0.25) is 0 Å². The lowest BCUT2D eigenvalue weighted by molar-refractivity contribution is 0.278. The first kappa shape index (κ1) is 15.7. The van der Waals surface area contributed by atoms with Crippen LogP contribution in [-0.2, 0) is 13.7 Å². The van der Waals surface area contributed by atoms with Crippen LogP contribution in [0, 0.1) is 0 Å². The Bertz CT molecular complexity index is 1220. The molecule has 134 valence electrons. The summed E-state index contributed by atoms with van der Waals surface area (Å²) < 4.78 is 14.0. The fourth-order valence-electron chi connectivity index (χ4n) is 2.60. The molecular formula is C16H11ClN8O2. The first-order chi connectivity index (χ1) is 13.2. The standard InChI is InChI=1S/C16H11ClN8O2/c1-24-10(7-18-23-24)8-26-16-11(9-3-2-4-9)5-14-19-20-15(25(14)21-16)12-6-13(17)27-22-12/h2-7H,8H2,1H3. The number of hydrogen-bond donors (Lipinski definition) is 0. The summed E-state index contributed by atoms with van der Waals surface area (Å²) in [7, 11) is 1.80. The zero-order chi connectivity index (χ0) is 18.4. The number of aromatic nitrogens is 8. The van der Waals surface area contributed by atoms with Gasteiger partial charge in [-0.05, 0) is 23.2 Å². The van der Waals surface area contributed by atoms with Crippen LogP contribution in [-0.4, -0.2) is 40.0 Å². The van der Waals surface area contributed by atoms with Gasteiger partial charge in [0.25, 0.3) is 0 Å². The van der Waals surface area contributed by atoms with Crippen LogP contribution in [0.4, 0.5) is 0 Å². The summed E-state index contributed by atoms with van der Waals surface area (Å²) in [5.41, 5.74) is 3.61. The fraction of sp³-hybridized carbons (Fsp3) is 0.125. The van der Waals surface area contributed by atoms with Gasteiger partial charge in [0.05, 0.1) is 11.9 Å². The molecule has 10 nitrogen and oxygen atoms in total. The van der Waals surface area contributed by atoms with E-state index >= 15 is 0 Å². The molecule has 0 fully saturated rings. The quantitative estimate of drug-likeness (QED) is 0.516. The second-order valence-corrected chi connectivity index (χ2v) is 6.16. The van der Waals surface area contributed by atoms with Crippen molar-refractivity contribution < 1.29 is 9.26 Å². The summed E-state index contributed by atoms with van der Waals surface area (Å²) >= 11 is 5.81. The van der Waals surface area contributed by atoms with Crippen molar-refractivity contribution in [3.8, 4) is 17.4 Å². The SMILES string of the molecule is Cn1nncc1COc1nn2c(-c3cc(Cl)on3)nnc2cc1C1=CC=C1. The van der Waals surface area contributed by atoms with Crippen molar-refractivity contribution in [2.45, 2.75) is 6.61 Å². The van der Waals surface area contributed by atoms with Gasteiger partial charge >= 0.3 is 0 Å². The Morgan fingerprint density at radius 1 is 1.26 bits per heavy atom. The second-order valence-electron chi connectivity index (χ2n) is 5.79. The Kier molecular flexibility index (Phi) is 3.50. The Morgan fingerprint density at radius 3 is 2.81 bits per heavy atom. The lowest BCUT2D eigenvalue weighted by atomic mass is 10.0. The van der Waals surface area contributed by atoms with E-state index in [4.69, 9.17) is 20.9 Å². The van der Waals surface area contributed by atoms with E-state index in [1.165, 1.54) is 4.52 Å². The van der Waals surface area contributed by atoms with E-state index in [0.717, 1.165) is 16.8 Å². The molecule has 4 aromatic rings. The van der Waals surface area contributed by atoms with E-state index in [1.54, 1.807) is 24.0 Å². The van der Waals surface area contributed by atoms with Crippen LogP contribution in [0.2, 0.25) is 5.22 Å². The molecule has 0 aliphatic heterocycles. The molecule has 0 N–H and O–H groups in total. The molecule has 0 radical (unpaired) electrons. The average molecular weight is 383 g/mol. The summed E-state index contributed by atoms with van der Waals surface area (Å²) in [6.45, 7) is 0.263. The zero-order valence-electron chi connectivity index (χ0n) is 13.9. The molecule has 1 aliphatic carbocycles. The minimum Gasteiger partial charge on any atom is -0.470 e. The Morgan fingerprint density at radius 2 is 2.15 bits per heavy atom. The first-order valence-electron chi connectivity index (χ1n) is 7.93. The molecule has 4 heterocycles. The van der Waals surface area contributed by atoms with Gasteiger partial charge in [-0.2, -0.15) is 4.52 Å². The molecule has 0 saturated carbocycles. The highest BCUT2D eigenvalue weighted by atomic mass is 35.5. The summed E-state index contributed by atoms with van der Waals surface area (Å²) in [4.78, 5) is 0. The van der Waals surface area contributed by atoms with Crippen molar-refractivity contribution in [1.29, 1.82) is 0 Å². The number of hydrogen-bond acceptors (Lipinski definition) is 8. The maximum Gasteiger partial charge on any atom is 0.240 e. The molecule has 5 rings (SSSR count). The summed E-state index contributed by atoms with van der Waals surface area (Å²) in [5.74, 6) is 0.826. The monoisotopic (exact) mass is 382 g/mol. The van der Waals surface area contributed by atoms with Crippen LogP contribution in [0.1, 0.15) is 11.3 Å². The van der Waals surface area contributed by atoms with Crippen LogP contribution in [0.15, 0.2) is 41.1 Å². The molecule has 0 saturated heterocycles. The highest BCUT2D eigenvalue weighted by Gasteiger charge is 2.20. The maximum atomic E-state index is 5.96. The van der Waals surface area contributed by atoms with Crippen LogP contribution in [0.5, 0.6) is 5.88 Å².